The van der Waals surface area contributed by atoms with Crippen molar-refractivity contribution in [2.45, 2.75) is 44.1 Å². The van der Waals surface area contributed by atoms with Gasteiger partial charge in [-0.05, 0) is 32.1 Å². The molecule has 3 heterocycles. The Hall–Kier alpha value is -1.63. The lowest BCUT2D eigenvalue weighted by Crippen LogP contribution is -2.45. The van der Waals surface area contributed by atoms with Crippen LogP contribution in [0, 0.1) is 0 Å². The molecule has 2 aliphatic rings. The molecule has 0 spiro atoms. The number of ether oxygens (including phenoxy) is 1. The fourth-order valence-electron chi connectivity index (χ4n) is 2.90. The molecule has 1 aromatic rings. The lowest BCUT2D eigenvalue weighted by molar-refractivity contribution is -0.147. The number of hydrogen-bond acceptors (Lipinski definition) is 5. The van der Waals surface area contributed by atoms with Gasteiger partial charge in [0.1, 0.15) is 6.10 Å². The number of amides is 1. The molecular weight excluding hydrogens is 262 g/mol. The zero-order chi connectivity index (χ0) is 13.9. The summed E-state index contributed by atoms with van der Waals surface area (Å²) in [7, 11) is 0. The van der Waals surface area contributed by atoms with E-state index in [1.165, 1.54) is 0 Å². The van der Waals surface area contributed by atoms with Gasteiger partial charge in [0.2, 0.25) is 5.89 Å². The van der Waals surface area contributed by atoms with Gasteiger partial charge in [0.05, 0.1) is 0 Å². The molecule has 20 heavy (non-hydrogen) atoms. The van der Waals surface area contributed by atoms with E-state index in [-0.39, 0.29) is 17.9 Å². The molecule has 2 fully saturated rings. The highest BCUT2D eigenvalue weighted by Gasteiger charge is 2.31. The summed E-state index contributed by atoms with van der Waals surface area (Å²) in [4.78, 5) is 25.1. The number of nitrogens with zero attached hydrogens (tertiary/aromatic N) is 2. The molecule has 1 aromatic heterocycles. The molecule has 1 atom stereocenters. The van der Waals surface area contributed by atoms with E-state index in [9.17, 15) is 9.59 Å². The van der Waals surface area contributed by atoms with Gasteiger partial charge in [-0.1, -0.05) is 0 Å². The smallest absolute Gasteiger partial charge is 0.392 e. The van der Waals surface area contributed by atoms with Crippen molar-refractivity contribution in [3.05, 3.63) is 16.4 Å². The largest absolute Gasteiger partial charge is 0.434 e. The first-order valence-corrected chi connectivity index (χ1v) is 7.20. The molecule has 3 rings (SSSR count). The standard InChI is InChI=1S/C13H19N3O4/c17-12(10-3-1-2-8-19-10)16-6-4-9(5-7-16)11-14-15-13(18)20-11/h9-10H,1-8H2,(H,15,18). The maximum absolute atomic E-state index is 12.3. The van der Waals surface area contributed by atoms with Crippen LogP contribution in [0.3, 0.4) is 0 Å². The van der Waals surface area contributed by atoms with E-state index >= 15 is 0 Å². The molecule has 1 amide bonds. The minimum Gasteiger partial charge on any atom is -0.392 e. The quantitative estimate of drug-likeness (QED) is 0.859. The third-order valence-corrected chi connectivity index (χ3v) is 4.07. The lowest BCUT2D eigenvalue weighted by atomic mass is 9.96. The van der Waals surface area contributed by atoms with E-state index in [2.05, 4.69) is 10.2 Å². The van der Waals surface area contributed by atoms with E-state index in [0.29, 0.717) is 25.6 Å². The highest BCUT2D eigenvalue weighted by atomic mass is 16.5. The number of piperidine rings is 1. The van der Waals surface area contributed by atoms with Gasteiger partial charge >= 0.3 is 5.76 Å². The first-order valence-electron chi connectivity index (χ1n) is 7.20. The summed E-state index contributed by atoms with van der Waals surface area (Å²) in [5.74, 6) is 0.155. The van der Waals surface area contributed by atoms with Crippen molar-refractivity contribution in [2.24, 2.45) is 0 Å². The number of carbonyl (C=O) groups is 1. The first-order chi connectivity index (χ1) is 9.74. The third-order valence-electron chi connectivity index (χ3n) is 4.07. The van der Waals surface area contributed by atoms with Gasteiger partial charge in [-0.25, -0.2) is 9.89 Å². The maximum Gasteiger partial charge on any atom is 0.434 e. The predicted molar refractivity (Wildman–Crippen MR) is 69.3 cm³/mol. The summed E-state index contributed by atoms with van der Waals surface area (Å²) in [5, 5.41) is 6.15. The van der Waals surface area contributed by atoms with Crippen LogP contribution in [-0.4, -0.2) is 46.8 Å². The Morgan fingerprint density at radius 1 is 1.25 bits per heavy atom. The molecule has 0 saturated carbocycles. The van der Waals surface area contributed by atoms with E-state index < -0.39 is 5.76 Å². The van der Waals surface area contributed by atoms with Crippen LogP contribution >= 0.6 is 0 Å². The van der Waals surface area contributed by atoms with Crippen LogP contribution in [0.25, 0.3) is 0 Å². The fourth-order valence-corrected chi connectivity index (χ4v) is 2.90. The Balaban J connectivity index is 1.55. The molecule has 2 saturated heterocycles. The molecule has 0 aromatic carbocycles. The minimum atomic E-state index is -0.519. The Bertz CT molecular complexity index is 510. The van der Waals surface area contributed by atoms with Crippen LogP contribution in [0.5, 0.6) is 0 Å². The van der Waals surface area contributed by atoms with E-state index in [1.807, 2.05) is 4.90 Å². The van der Waals surface area contributed by atoms with Crippen LogP contribution < -0.4 is 5.76 Å². The van der Waals surface area contributed by atoms with Gasteiger partial charge in [0, 0.05) is 25.6 Å². The summed E-state index contributed by atoms with van der Waals surface area (Å²) in [6.45, 7) is 2.02. The molecule has 0 radical (unpaired) electrons. The van der Waals surface area contributed by atoms with Crippen molar-refractivity contribution < 1.29 is 13.9 Å². The van der Waals surface area contributed by atoms with Gasteiger partial charge in [0.15, 0.2) is 0 Å². The van der Waals surface area contributed by atoms with Gasteiger partial charge in [0.25, 0.3) is 5.91 Å². The second kappa shape index (κ2) is 5.78. The zero-order valence-corrected chi connectivity index (χ0v) is 11.3. The van der Waals surface area contributed by atoms with Crippen molar-refractivity contribution in [3.8, 4) is 0 Å². The van der Waals surface area contributed by atoms with Gasteiger partial charge in [-0.15, -0.1) is 5.10 Å². The second-order valence-corrected chi connectivity index (χ2v) is 5.41. The molecular formula is C13H19N3O4. The van der Waals surface area contributed by atoms with Crippen molar-refractivity contribution in [3.63, 3.8) is 0 Å². The Labute approximate surface area is 116 Å². The van der Waals surface area contributed by atoms with Gasteiger partial charge in [-0.3, -0.25) is 4.79 Å². The number of H-pyrrole nitrogens is 1. The highest BCUT2D eigenvalue weighted by molar-refractivity contribution is 5.81. The molecule has 2 aliphatic heterocycles. The number of aromatic amines is 1. The fraction of sp³-hybridized carbons (Fsp3) is 0.769. The summed E-state index contributed by atoms with van der Waals surface area (Å²) in [6.07, 6.45) is 4.21. The monoisotopic (exact) mass is 281 g/mol. The van der Waals surface area contributed by atoms with Crippen molar-refractivity contribution >= 4 is 5.91 Å². The van der Waals surface area contributed by atoms with Crippen molar-refractivity contribution in [1.29, 1.82) is 0 Å². The van der Waals surface area contributed by atoms with E-state index in [4.69, 9.17) is 9.15 Å². The highest BCUT2D eigenvalue weighted by Crippen LogP contribution is 2.27. The number of nitrogens with one attached hydrogen (secondary N) is 1. The van der Waals surface area contributed by atoms with Crippen LogP contribution in [0.1, 0.15) is 43.9 Å². The Morgan fingerprint density at radius 2 is 2.05 bits per heavy atom. The summed E-state index contributed by atoms with van der Waals surface area (Å²) < 4.78 is 10.5. The number of carbonyl (C=O) groups excluding carboxylic acids is 1. The van der Waals surface area contributed by atoms with Crippen LogP contribution in [-0.2, 0) is 9.53 Å². The second-order valence-electron chi connectivity index (χ2n) is 5.41. The summed E-state index contributed by atoms with van der Waals surface area (Å²) >= 11 is 0. The number of hydrogen-bond donors (Lipinski definition) is 1. The molecule has 7 heteroatoms. The van der Waals surface area contributed by atoms with Gasteiger partial charge in [-0.2, -0.15) is 0 Å². The minimum absolute atomic E-state index is 0.103. The predicted octanol–water partition coefficient (Wildman–Crippen LogP) is 0.638. The third kappa shape index (κ3) is 2.77. The van der Waals surface area contributed by atoms with E-state index in [1.54, 1.807) is 0 Å². The van der Waals surface area contributed by atoms with E-state index in [0.717, 1.165) is 32.1 Å². The zero-order valence-electron chi connectivity index (χ0n) is 11.3. The van der Waals surface area contributed by atoms with Crippen molar-refractivity contribution in [1.82, 2.24) is 15.1 Å². The average Bonchev–Trinajstić information content (AvgIpc) is 2.94. The number of likely N-dealkylation sites (tertiary alicyclic amines) is 1. The summed E-state index contributed by atoms with van der Waals surface area (Å²) in [5.41, 5.74) is 0. The Morgan fingerprint density at radius 3 is 2.65 bits per heavy atom. The normalized spacial score (nSPS) is 24.8. The topological polar surface area (TPSA) is 88.4 Å². The Kier molecular flexibility index (Phi) is 3.86. The lowest BCUT2D eigenvalue weighted by Gasteiger charge is -2.34. The van der Waals surface area contributed by atoms with Crippen LogP contribution in [0.15, 0.2) is 9.21 Å². The molecule has 0 aliphatic carbocycles. The molecule has 110 valence electrons. The van der Waals surface area contributed by atoms with Gasteiger partial charge < -0.3 is 14.1 Å². The average molecular weight is 281 g/mol. The van der Waals surface area contributed by atoms with Crippen molar-refractivity contribution in [2.75, 3.05) is 19.7 Å². The molecule has 1 N–H and O–H groups in total. The summed E-state index contributed by atoms with van der Waals surface area (Å²) in [6, 6.07) is 0. The van der Waals surface area contributed by atoms with Crippen LogP contribution in [0.2, 0.25) is 0 Å². The maximum atomic E-state index is 12.3. The molecule has 7 nitrogen and oxygen atoms in total. The van der Waals surface area contributed by atoms with Crippen LogP contribution in [0.4, 0.5) is 0 Å². The number of rotatable bonds is 2. The first kappa shape index (κ1) is 13.4. The molecule has 0 bridgehead atoms. The molecule has 1 unspecified atom stereocenters. The SMILES string of the molecule is O=C(C1CCCCO1)N1CCC(c2n[nH]c(=O)o2)CC1. The number of aromatic nitrogens is 2.